The molecule has 0 amide bonds. The molecule has 0 aliphatic carbocycles. The molecule has 2 rings (SSSR count). The van der Waals surface area contributed by atoms with Crippen molar-refractivity contribution in [3.63, 3.8) is 0 Å². The van der Waals surface area contributed by atoms with Gasteiger partial charge in [-0.05, 0) is 36.6 Å². The summed E-state index contributed by atoms with van der Waals surface area (Å²) in [5.41, 5.74) is 3.78. The van der Waals surface area contributed by atoms with Crippen molar-refractivity contribution in [2.24, 2.45) is 0 Å². The van der Waals surface area contributed by atoms with Crippen LogP contribution in [0.1, 0.15) is 28.2 Å². The highest BCUT2D eigenvalue weighted by Crippen LogP contribution is 2.27. The van der Waals surface area contributed by atoms with E-state index < -0.39 is 11.9 Å². The van der Waals surface area contributed by atoms with Crippen molar-refractivity contribution in [2.45, 2.75) is 19.8 Å². The molecule has 1 N–H and O–H groups in total. The van der Waals surface area contributed by atoms with E-state index in [0.29, 0.717) is 0 Å². The van der Waals surface area contributed by atoms with Crippen molar-refractivity contribution in [2.75, 3.05) is 0 Å². The second kappa shape index (κ2) is 5.05. The molecule has 0 spiro atoms. The molecule has 2 aromatic rings. The summed E-state index contributed by atoms with van der Waals surface area (Å²) >= 11 is 0. The van der Waals surface area contributed by atoms with Crippen molar-refractivity contribution in [3.8, 4) is 0 Å². The number of carbonyl (C=O) groups is 1. The number of aryl methyl sites for hydroxylation is 2. The fourth-order valence-corrected chi connectivity index (χ4v) is 2.20. The fraction of sp³-hybridized carbons (Fsp3) is 0.188. The smallest absolute Gasteiger partial charge is 0.315 e. The lowest BCUT2D eigenvalue weighted by Gasteiger charge is -2.16. The van der Waals surface area contributed by atoms with E-state index in [4.69, 9.17) is 0 Å². The number of rotatable bonds is 3. The first-order valence-electron chi connectivity index (χ1n) is 5.85. The molecule has 1 atom stereocenters. The predicted octanol–water partition coefficient (Wildman–Crippen LogP) is 3.32. The number of carboxylic acids is 1. The van der Waals surface area contributed by atoms with Crippen LogP contribution in [0, 0.1) is 19.9 Å². The Labute approximate surface area is 107 Å². The number of benzene rings is 2. The van der Waals surface area contributed by atoms with E-state index in [1.165, 1.54) is 0 Å². The normalized spacial score (nSPS) is 12.1. The summed E-state index contributed by atoms with van der Waals surface area (Å²) in [5.74, 6) is -1.44. The molecule has 0 saturated heterocycles. The van der Waals surface area contributed by atoms with Crippen LogP contribution in [0.4, 0.5) is 0 Å². The molecular formula is C16H15O2. The van der Waals surface area contributed by atoms with E-state index in [1.54, 1.807) is 24.3 Å². The topological polar surface area (TPSA) is 37.3 Å². The minimum Gasteiger partial charge on any atom is -0.481 e. The van der Waals surface area contributed by atoms with Crippen LogP contribution in [0.15, 0.2) is 42.5 Å². The van der Waals surface area contributed by atoms with E-state index >= 15 is 0 Å². The average Bonchev–Trinajstić information content (AvgIpc) is 2.33. The van der Waals surface area contributed by atoms with E-state index in [-0.39, 0.29) is 0 Å². The van der Waals surface area contributed by atoms with Crippen molar-refractivity contribution < 1.29 is 9.90 Å². The quantitative estimate of drug-likeness (QED) is 0.892. The van der Waals surface area contributed by atoms with Gasteiger partial charge in [0, 0.05) is 0 Å². The first kappa shape index (κ1) is 12.4. The van der Waals surface area contributed by atoms with Gasteiger partial charge in [0.25, 0.3) is 0 Å². The second-order valence-corrected chi connectivity index (χ2v) is 4.46. The van der Waals surface area contributed by atoms with Gasteiger partial charge in [-0.25, -0.2) is 0 Å². The average molecular weight is 239 g/mol. The van der Waals surface area contributed by atoms with Gasteiger partial charge in [0.1, 0.15) is 5.92 Å². The van der Waals surface area contributed by atoms with Gasteiger partial charge in [-0.15, -0.1) is 0 Å². The molecule has 2 heteroatoms. The Morgan fingerprint density at radius 1 is 1.17 bits per heavy atom. The van der Waals surface area contributed by atoms with Gasteiger partial charge in [0.2, 0.25) is 0 Å². The third-order valence-electron chi connectivity index (χ3n) is 3.06. The molecule has 1 radical (unpaired) electrons. The fourth-order valence-electron chi connectivity index (χ4n) is 2.20. The number of aliphatic carboxylic acids is 1. The molecule has 91 valence electrons. The Kier molecular flexibility index (Phi) is 3.47. The lowest BCUT2D eigenvalue weighted by atomic mass is 9.88. The largest absolute Gasteiger partial charge is 0.481 e. The maximum Gasteiger partial charge on any atom is 0.315 e. The summed E-state index contributed by atoms with van der Waals surface area (Å²) in [7, 11) is 0. The molecule has 0 fully saturated rings. The highest BCUT2D eigenvalue weighted by molar-refractivity contribution is 5.81. The molecule has 1 unspecified atom stereocenters. The molecule has 0 aliphatic heterocycles. The van der Waals surface area contributed by atoms with Crippen molar-refractivity contribution >= 4 is 5.97 Å². The second-order valence-electron chi connectivity index (χ2n) is 4.46. The lowest BCUT2D eigenvalue weighted by molar-refractivity contribution is -0.137. The zero-order valence-corrected chi connectivity index (χ0v) is 10.5. The Bertz CT molecular complexity index is 559. The van der Waals surface area contributed by atoms with Crippen LogP contribution in [-0.2, 0) is 4.79 Å². The maximum absolute atomic E-state index is 11.5. The Morgan fingerprint density at radius 2 is 1.83 bits per heavy atom. The lowest BCUT2D eigenvalue weighted by Crippen LogP contribution is -2.14. The van der Waals surface area contributed by atoms with Crippen molar-refractivity contribution in [1.29, 1.82) is 0 Å². The molecule has 18 heavy (non-hydrogen) atoms. The van der Waals surface area contributed by atoms with Gasteiger partial charge in [0.05, 0.1) is 0 Å². The third kappa shape index (κ3) is 2.43. The molecule has 0 saturated carbocycles. The molecule has 0 aromatic heterocycles. The maximum atomic E-state index is 11.5. The van der Waals surface area contributed by atoms with Gasteiger partial charge < -0.3 is 5.11 Å². The number of hydrogen-bond acceptors (Lipinski definition) is 1. The van der Waals surface area contributed by atoms with Crippen LogP contribution in [0.25, 0.3) is 0 Å². The van der Waals surface area contributed by atoms with Crippen LogP contribution in [0.3, 0.4) is 0 Å². The molecule has 0 bridgehead atoms. The SMILES string of the molecule is Cc1ccc(C(C(=O)O)c2cc[c]cc2)c(C)c1. The highest BCUT2D eigenvalue weighted by atomic mass is 16.4. The summed E-state index contributed by atoms with van der Waals surface area (Å²) in [6.45, 7) is 3.96. The van der Waals surface area contributed by atoms with E-state index in [1.807, 2.05) is 32.0 Å². The first-order valence-corrected chi connectivity index (χ1v) is 5.85. The molecule has 2 aromatic carbocycles. The highest BCUT2D eigenvalue weighted by Gasteiger charge is 2.23. The Hall–Kier alpha value is -2.09. The van der Waals surface area contributed by atoms with Crippen LogP contribution < -0.4 is 0 Å². The van der Waals surface area contributed by atoms with E-state index in [0.717, 1.165) is 22.3 Å². The summed E-state index contributed by atoms with van der Waals surface area (Å²) in [4.78, 5) is 11.5. The number of hydrogen-bond donors (Lipinski definition) is 1. The summed E-state index contributed by atoms with van der Waals surface area (Å²) in [6.07, 6.45) is 0. The van der Waals surface area contributed by atoms with Crippen LogP contribution >= 0.6 is 0 Å². The van der Waals surface area contributed by atoms with Gasteiger partial charge in [-0.2, -0.15) is 0 Å². The Morgan fingerprint density at radius 3 is 2.39 bits per heavy atom. The summed E-state index contributed by atoms with van der Waals surface area (Å²) < 4.78 is 0. The van der Waals surface area contributed by atoms with E-state index in [9.17, 15) is 9.90 Å². The van der Waals surface area contributed by atoms with Crippen molar-refractivity contribution in [3.05, 3.63) is 70.8 Å². The minimum absolute atomic E-state index is 0.611. The van der Waals surface area contributed by atoms with Gasteiger partial charge in [0.15, 0.2) is 0 Å². The zero-order valence-electron chi connectivity index (χ0n) is 10.5. The zero-order chi connectivity index (χ0) is 13.1. The summed E-state index contributed by atoms with van der Waals surface area (Å²) in [5, 5.41) is 9.46. The monoisotopic (exact) mass is 239 g/mol. The standard InChI is InChI=1S/C16H15O2/c1-11-8-9-14(12(2)10-11)15(16(17)18)13-6-4-3-5-7-13/h4-10,15H,1-2H3,(H,17,18). The van der Waals surface area contributed by atoms with E-state index in [2.05, 4.69) is 6.07 Å². The first-order chi connectivity index (χ1) is 8.59. The van der Waals surface area contributed by atoms with Gasteiger partial charge in [-0.3, -0.25) is 4.79 Å². The van der Waals surface area contributed by atoms with Gasteiger partial charge in [-0.1, -0.05) is 48.0 Å². The molecule has 2 nitrogen and oxygen atoms in total. The van der Waals surface area contributed by atoms with Crippen LogP contribution in [-0.4, -0.2) is 11.1 Å². The van der Waals surface area contributed by atoms with Gasteiger partial charge >= 0.3 is 5.97 Å². The predicted molar refractivity (Wildman–Crippen MR) is 70.7 cm³/mol. The molecule has 0 aliphatic rings. The molecular weight excluding hydrogens is 224 g/mol. The van der Waals surface area contributed by atoms with Crippen LogP contribution in [0.5, 0.6) is 0 Å². The minimum atomic E-state index is -0.826. The van der Waals surface area contributed by atoms with Crippen LogP contribution in [0.2, 0.25) is 0 Å². The molecule has 0 heterocycles. The van der Waals surface area contributed by atoms with Crippen molar-refractivity contribution in [1.82, 2.24) is 0 Å². The summed E-state index contributed by atoms with van der Waals surface area (Å²) in [6, 6.07) is 15.9. The number of carboxylic acid groups (broad SMARTS) is 1. The Balaban J connectivity index is 2.52. The third-order valence-corrected chi connectivity index (χ3v) is 3.06.